The van der Waals surface area contributed by atoms with Crippen LogP contribution in [0.4, 0.5) is 10.5 Å². The molecule has 0 bridgehead atoms. The van der Waals surface area contributed by atoms with Crippen LogP contribution in [0.5, 0.6) is 0 Å². The highest BCUT2D eigenvalue weighted by molar-refractivity contribution is 7.10. The number of benzene rings is 1. The van der Waals surface area contributed by atoms with Crippen molar-refractivity contribution in [1.29, 1.82) is 0 Å². The maximum absolute atomic E-state index is 12.6. The first-order chi connectivity index (χ1) is 14.4. The van der Waals surface area contributed by atoms with Crippen molar-refractivity contribution >= 4 is 35.0 Å². The van der Waals surface area contributed by atoms with Gasteiger partial charge in [-0.1, -0.05) is 6.07 Å². The van der Waals surface area contributed by atoms with E-state index in [1.165, 1.54) is 11.3 Å². The molecule has 0 spiro atoms. The summed E-state index contributed by atoms with van der Waals surface area (Å²) in [4.78, 5) is 40.0. The molecule has 0 saturated carbocycles. The number of ether oxygens (including phenoxy) is 2. The summed E-state index contributed by atoms with van der Waals surface area (Å²) < 4.78 is 10.6. The molecule has 1 aliphatic heterocycles. The molecule has 0 aliphatic carbocycles. The van der Waals surface area contributed by atoms with E-state index >= 15 is 0 Å². The van der Waals surface area contributed by atoms with Gasteiger partial charge in [0.2, 0.25) is 0 Å². The van der Waals surface area contributed by atoms with Crippen LogP contribution in [0, 0.1) is 0 Å². The standard InChI is InChI=1S/C21H23N3O5S/c1-4-28-20(26)17-15(22-21(27)23-18(17)16-6-5-11-30-16)12-29-19(25)13-7-9-14(10-8-13)24(2)3/h5-11,18H,4,12H2,1-3H3,(H2,22,23,27)/t18-/m0/s1. The first-order valence-electron chi connectivity index (χ1n) is 9.36. The normalized spacial score (nSPS) is 15.8. The molecular weight excluding hydrogens is 406 g/mol. The van der Waals surface area contributed by atoms with Crippen LogP contribution in [0.15, 0.2) is 53.0 Å². The van der Waals surface area contributed by atoms with Crippen LogP contribution < -0.4 is 15.5 Å². The van der Waals surface area contributed by atoms with E-state index in [1.54, 1.807) is 31.2 Å². The van der Waals surface area contributed by atoms with E-state index < -0.39 is 24.0 Å². The number of carbonyl (C=O) groups is 3. The Morgan fingerprint density at radius 2 is 1.83 bits per heavy atom. The van der Waals surface area contributed by atoms with Crippen LogP contribution in [0.25, 0.3) is 0 Å². The Kier molecular flexibility index (Phi) is 6.73. The number of rotatable bonds is 7. The number of hydrogen-bond donors (Lipinski definition) is 2. The first-order valence-corrected chi connectivity index (χ1v) is 10.2. The zero-order valence-electron chi connectivity index (χ0n) is 16.9. The van der Waals surface area contributed by atoms with Crippen LogP contribution in [-0.4, -0.2) is 45.3 Å². The van der Waals surface area contributed by atoms with E-state index in [0.29, 0.717) is 5.56 Å². The molecule has 1 atom stereocenters. The molecule has 2 aromatic rings. The molecule has 2 heterocycles. The Bertz CT molecular complexity index is 952. The second-order valence-corrected chi connectivity index (χ2v) is 7.66. The lowest BCUT2D eigenvalue weighted by Crippen LogP contribution is -2.46. The molecule has 2 N–H and O–H groups in total. The topological polar surface area (TPSA) is 97.0 Å². The van der Waals surface area contributed by atoms with Gasteiger partial charge in [0.1, 0.15) is 6.61 Å². The zero-order valence-corrected chi connectivity index (χ0v) is 17.7. The fourth-order valence-electron chi connectivity index (χ4n) is 2.97. The number of urea groups is 1. The second-order valence-electron chi connectivity index (χ2n) is 6.68. The van der Waals surface area contributed by atoms with Crippen molar-refractivity contribution in [2.45, 2.75) is 13.0 Å². The molecule has 158 valence electrons. The monoisotopic (exact) mass is 429 g/mol. The highest BCUT2D eigenvalue weighted by atomic mass is 32.1. The van der Waals surface area contributed by atoms with Gasteiger partial charge in [-0.25, -0.2) is 14.4 Å². The van der Waals surface area contributed by atoms with Gasteiger partial charge in [0.15, 0.2) is 0 Å². The van der Waals surface area contributed by atoms with E-state index in [9.17, 15) is 14.4 Å². The summed E-state index contributed by atoms with van der Waals surface area (Å²) in [5.74, 6) is -1.14. The SMILES string of the molecule is CCOC(=O)C1=C(COC(=O)c2ccc(N(C)C)cc2)NC(=O)N[C@H]1c1cccs1. The lowest BCUT2D eigenvalue weighted by atomic mass is 10.0. The van der Waals surface area contributed by atoms with Crippen LogP contribution >= 0.6 is 11.3 Å². The van der Waals surface area contributed by atoms with Gasteiger partial charge in [-0.05, 0) is 42.6 Å². The quantitative estimate of drug-likeness (QED) is 0.657. The molecular formula is C21H23N3O5S. The van der Waals surface area contributed by atoms with Crippen molar-refractivity contribution in [3.8, 4) is 0 Å². The van der Waals surface area contributed by atoms with Crippen LogP contribution in [0.3, 0.4) is 0 Å². The summed E-state index contributed by atoms with van der Waals surface area (Å²) in [6.45, 7) is 1.61. The minimum atomic E-state index is -0.675. The predicted octanol–water partition coefficient (Wildman–Crippen LogP) is 2.84. The van der Waals surface area contributed by atoms with Crippen molar-refractivity contribution in [2.24, 2.45) is 0 Å². The van der Waals surface area contributed by atoms with Crippen LogP contribution in [0.1, 0.15) is 28.2 Å². The van der Waals surface area contributed by atoms with Crippen LogP contribution in [-0.2, 0) is 14.3 Å². The molecule has 30 heavy (non-hydrogen) atoms. The Hall–Kier alpha value is -3.33. The fourth-order valence-corrected chi connectivity index (χ4v) is 3.75. The second kappa shape index (κ2) is 9.45. The van der Waals surface area contributed by atoms with Gasteiger partial charge in [-0.15, -0.1) is 11.3 Å². The van der Waals surface area contributed by atoms with E-state index in [-0.39, 0.29) is 24.5 Å². The van der Waals surface area contributed by atoms with Gasteiger partial charge >= 0.3 is 18.0 Å². The molecule has 8 nitrogen and oxygen atoms in total. The largest absolute Gasteiger partial charge is 0.463 e. The number of esters is 2. The van der Waals surface area contributed by atoms with Crippen molar-refractivity contribution in [1.82, 2.24) is 10.6 Å². The summed E-state index contributed by atoms with van der Waals surface area (Å²) in [6, 6.07) is 9.41. The maximum Gasteiger partial charge on any atom is 0.338 e. The average molecular weight is 429 g/mol. The molecule has 9 heteroatoms. The van der Waals surface area contributed by atoms with Gasteiger partial charge in [0.05, 0.1) is 29.5 Å². The molecule has 0 saturated heterocycles. The fraction of sp³-hybridized carbons (Fsp3) is 0.286. The number of nitrogens with one attached hydrogen (secondary N) is 2. The smallest absolute Gasteiger partial charge is 0.338 e. The number of hydrogen-bond acceptors (Lipinski definition) is 7. The molecule has 1 aromatic heterocycles. The van der Waals surface area contributed by atoms with Crippen molar-refractivity contribution in [3.05, 3.63) is 63.5 Å². The molecule has 0 fully saturated rings. The highest BCUT2D eigenvalue weighted by Gasteiger charge is 2.34. The van der Waals surface area contributed by atoms with E-state index in [0.717, 1.165) is 10.6 Å². The predicted molar refractivity (Wildman–Crippen MR) is 113 cm³/mol. The van der Waals surface area contributed by atoms with Gasteiger partial charge in [0.25, 0.3) is 0 Å². The summed E-state index contributed by atoms with van der Waals surface area (Å²) in [7, 11) is 3.81. The highest BCUT2D eigenvalue weighted by Crippen LogP contribution is 2.30. The Balaban J connectivity index is 1.84. The molecule has 3 rings (SSSR count). The molecule has 1 aliphatic rings. The third kappa shape index (κ3) is 4.80. The minimum absolute atomic E-state index is 0.179. The average Bonchev–Trinajstić information content (AvgIpc) is 3.26. The number of thiophene rings is 1. The minimum Gasteiger partial charge on any atom is -0.463 e. The molecule has 2 amide bonds. The third-order valence-electron chi connectivity index (χ3n) is 4.44. The van der Waals surface area contributed by atoms with Crippen LogP contribution in [0.2, 0.25) is 0 Å². The number of carbonyl (C=O) groups excluding carboxylic acids is 3. The van der Waals surface area contributed by atoms with Crippen molar-refractivity contribution < 1.29 is 23.9 Å². The Morgan fingerprint density at radius 1 is 1.10 bits per heavy atom. The van der Waals surface area contributed by atoms with E-state index in [2.05, 4.69) is 10.6 Å². The van der Waals surface area contributed by atoms with Gasteiger partial charge in [-0.2, -0.15) is 0 Å². The molecule has 0 radical (unpaired) electrons. The summed E-state index contributed by atoms with van der Waals surface area (Å²) >= 11 is 1.40. The van der Waals surface area contributed by atoms with Gasteiger partial charge < -0.3 is 25.0 Å². The van der Waals surface area contributed by atoms with Gasteiger partial charge in [-0.3, -0.25) is 0 Å². The number of amides is 2. The lowest BCUT2D eigenvalue weighted by molar-refractivity contribution is -0.139. The van der Waals surface area contributed by atoms with E-state index in [4.69, 9.17) is 9.47 Å². The maximum atomic E-state index is 12.6. The van der Waals surface area contributed by atoms with Crippen molar-refractivity contribution in [2.75, 3.05) is 32.2 Å². The third-order valence-corrected chi connectivity index (χ3v) is 5.38. The summed E-state index contributed by atoms with van der Waals surface area (Å²) in [6.07, 6.45) is 0. The zero-order chi connectivity index (χ0) is 21.7. The lowest BCUT2D eigenvalue weighted by Gasteiger charge is -2.28. The summed E-state index contributed by atoms with van der Waals surface area (Å²) in [5.41, 5.74) is 1.74. The van der Waals surface area contributed by atoms with Gasteiger partial charge in [0, 0.05) is 24.7 Å². The summed E-state index contributed by atoms with van der Waals surface area (Å²) in [5, 5.41) is 7.16. The molecule has 0 unspecified atom stereocenters. The first kappa shape index (κ1) is 21.4. The Morgan fingerprint density at radius 3 is 2.43 bits per heavy atom. The Labute approximate surface area is 178 Å². The molecule has 1 aromatic carbocycles. The number of anilines is 1. The van der Waals surface area contributed by atoms with Crippen molar-refractivity contribution in [3.63, 3.8) is 0 Å². The number of nitrogens with zero attached hydrogens (tertiary/aromatic N) is 1. The van der Waals surface area contributed by atoms with E-state index in [1.807, 2.05) is 36.5 Å².